The second kappa shape index (κ2) is 3.41. The molecule has 3 nitrogen and oxygen atoms in total. The minimum atomic E-state index is -0.386. The van der Waals surface area contributed by atoms with E-state index in [-0.39, 0.29) is 11.5 Å². The van der Waals surface area contributed by atoms with E-state index in [1.807, 2.05) is 0 Å². The minimum Gasteiger partial charge on any atom is -0.342 e. The summed E-state index contributed by atoms with van der Waals surface area (Å²) in [5.74, 6) is -0.386. The van der Waals surface area contributed by atoms with Crippen LogP contribution in [0, 0.1) is 5.82 Å². The number of hydrogen-bond donors (Lipinski definition) is 1. The molecule has 0 radical (unpaired) electrons. The van der Waals surface area contributed by atoms with Gasteiger partial charge in [-0.05, 0) is 12.1 Å². The third kappa shape index (κ3) is 1.31. The second-order valence-electron chi connectivity index (χ2n) is 2.76. The normalized spacial score (nSPS) is 10.1. The van der Waals surface area contributed by atoms with Gasteiger partial charge in [0.25, 0.3) is 0 Å². The van der Waals surface area contributed by atoms with Gasteiger partial charge in [0.15, 0.2) is 6.29 Å². The molecule has 70 valence electrons. The first-order valence-corrected chi connectivity index (χ1v) is 4.06. The van der Waals surface area contributed by atoms with Gasteiger partial charge >= 0.3 is 0 Å². The van der Waals surface area contributed by atoms with Gasteiger partial charge in [0.1, 0.15) is 17.2 Å². The summed E-state index contributed by atoms with van der Waals surface area (Å²) < 4.78 is 13.3. The van der Waals surface area contributed by atoms with Crippen molar-refractivity contribution in [2.45, 2.75) is 0 Å². The third-order valence-corrected chi connectivity index (χ3v) is 1.92. The largest absolute Gasteiger partial charge is 0.342 e. The molecule has 0 unspecified atom stereocenters. The Labute approximate surface area is 79.6 Å². The van der Waals surface area contributed by atoms with Gasteiger partial charge < -0.3 is 4.98 Å². The maximum Gasteiger partial charge on any atom is 0.168 e. The van der Waals surface area contributed by atoms with Crippen molar-refractivity contribution in [1.82, 2.24) is 9.97 Å². The first-order chi connectivity index (χ1) is 6.83. The van der Waals surface area contributed by atoms with Crippen molar-refractivity contribution in [3.05, 3.63) is 42.1 Å². The summed E-state index contributed by atoms with van der Waals surface area (Å²) in [7, 11) is 0. The van der Waals surface area contributed by atoms with E-state index in [9.17, 15) is 9.18 Å². The molecule has 0 saturated heterocycles. The zero-order valence-electron chi connectivity index (χ0n) is 7.20. The Balaban J connectivity index is 2.60. The number of carbonyl (C=O) groups is 1. The molecule has 2 aromatic rings. The molecule has 0 aliphatic heterocycles. The number of rotatable bonds is 2. The highest BCUT2D eigenvalue weighted by Crippen LogP contribution is 2.21. The predicted molar refractivity (Wildman–Crippen MR) is 49.4 cm³/mol. The molecule has 4 heteroatoms. The fourth-order valence-corrected chi connectivity index (χ4v) is 1.26. The van der Waals surface area contributed by atoms with E-state index >= 15 is 0 Å². The maximum absolute atomic E-state index is 13.3. The Kier molecular flexibility index (Phi) is 2.10. The van der Waals surface area contributed by atoms with Crippen LogP contribution in [0.5, 0.6) is 0 Å². The molecule has 1 aromatic carbocycles. The van der Waals surface area contributed by atoms with Gasteiger partial charge in [-0.3, -0.25) is 4.79 Å². The number of imidazole rings is 1. The van der Waals surface area contributed by atoms with Gasteiger partial charge in [0, 0.05) is 5.56 Å². The van der Waals surface area contributed by atoms with Crippen molar-refractivity contribution >= 4 is 6.29 Å². The average molecular weight is 190 g/mol. The molecule has 1 heterocycles. The number of H-pyrrole nitrogens is 1. The van der Waals surface area contributed by atoms with Crippen molar-refractivity contribution in [3.8, 4) is 11.3 Å². The van der Waals surface area contributed by atoms with Crippen LogP contribution in [-0.4, -0.2) is 16.3 Å². The summed E-state index contributed by atoms with van der Waals surface area (Å²) in [6.07, 6.45) is 1.99. The molecule has 0 saturated carbocycles. The van der Waals surface area contributed by atoms with Crippen LogP contribution in [0.25, 0.3) is 11.3 Å². The molecule has 1 N–H and O–H groups in total. The Morgan fingerprint density at radius 1 is 1.36 bits per heavy atom. The highest BCUT2D eigenvalue weighted by molar-refractivity contribution is 5.83. The molecule has 2 rings (SSSR count). The summed E-state index contributed by atoms with van der Waals surface area (Å²) in [6, 6.07) is 6.20. The zero-order chi connectivity index (χ0) is 9.97. The highest BCUT2D eigenvalue weighted by Gasteiger charge is 2.10. The fraction of sp³-hybridized carbons (Fsp3) is 0. The molecule has 0 bridgehead atoms. The van der Waals surface area contributed by atoms with E-state index in [1.165, 1.54) is 12.4 Å². The monoisotopic (exact) mass is 190 g/mol. The van der Waals surface area contributed by atoms with Crippen LogP contribution < -0.4 is 0 Å². The lowest BCUT2D eigenvalue weighted by atomic mass is 10.1. The first kappa shape index (κ1) is 8.62. The van der Waals surface area contributed by atoms with Gasteiger partial charge in [-0.25, -0.2) is 9.37 Å². The van der Waals surface area contributed by atoms with E-state index < -0.39 is 0 Å². The van der Waals surface area contributed by atoms with Crippen molar-refractivity contribution in [2.24, 2.45) is 0 Å². The van der Waals surface area contributed by atoms with Gasteiger partial charge in [0.2, 0.25) is 0 Å². The van der Waals surface area contributed by atoms with Crippen molar-refractivity contribution < 1.29 is 9.18 Å². The van der Waals surface area contributed by atoms with E-state index in [0.29, 0.717) is 17.5 Å². The summed E-state index contributed by atoms with van der Waals surface area (Å²) in [5, 5.41) is 0. The van der Waals surface area contributed by atoms with Crippen LogP contribution >= 0.6 is 0 Å². The van der Waals surface area contributed by atoms with E-state index in [0.717, 1.165) is 0 Å². The summed E-state index contributed by atoms with van der Waals surface area (Å²) >= 11 is 0. The van der Waals surface area contributed by atoms with Crippen LogP contribution in [-0.2, 0) is 0 Å². The van der Waals surface area contributed by atoms with Crippen LogP contribution in [0.2, 0.25) is 0 Å². The summed E-state index contributed by atoms with van der Waals surface area (Å²) in [4.78, 5) is 17.1. The number of carbonyl (C=O) groups excluding carboxylic acids is 1. The maximum atomic E-state index is 13.3. The Hall–Kier alpha value is -1.97. The number of aromatic nitrogens is 2. The van der Waals surface area contributed by atoms with E-state index in [2.05, 4.69) is 9.97 Å². The summed E-state index contributed by atoms with van der Waals surface area (Å²) in [5.41, 5.74) is 0.962. The standard InChI is InChI=1S/C10H7FN2O/c11-8-4-2-1-3-7(8)10-9(5-14)12-6-13-10/h1-6H,(H,12,13). The molecule has 0 spiro atoms. The molecular weight excluding hydrogens is 183 g/mol. The lowest BCUT2D eigenvalue weighted by Crippen LogP contribution is -1.88. The van der Waals surface area contributed by atoms with Gasteiger partial charge in [0.05, 0.1) is 6.33 Å². The SMILES string of the molecule is O=Cc1[nH]cnc1-c1ccccc1F. The number of benzene rings is 1. The van der Waals surface area contributed by atoms with Crippen LogP contribution in [0.3, 0.4) is 0 Å². The van der Waals surface area contributed by atoms with E-state index in [4.69, 9.17) is 0 Å². The van der Waals surface area contributed by atoms with Gasteiger partial charge in [-0.2, -0.15) is 0 Å². The van der Waals surface area contributed by atoms with Crippen molar-refractivity contribution in [2.75, 3.05) is 0 Å². The molecule has 0 atom stereocenters. The second-order valence-corrected chi connectivity index (χ2v) is 2.76. The number of hydrogen-bond acceptors (Lipinski definition) is 2. The van der Waals surface area contributed by atoms with E-state index in [1.54, 1.807) is 18.2 Å². The van der Waals surface area contributed by atoms with Crippen molar-refractivity contribution in [3.63, 3.8) is 0 Å². The molecule has 14 heavy (non-hydrogen) atoms. The molecule has 0 fully saturated rings. The van der Waals surface area contributed by atoms with Crippen LogP contribution in [0.4, 0.5) is 4.39 Å². The van der Waals surface area contributed by atoms with Crippen molar-refractivity contribution in [1.29, 1.82) is 0 Å². The van der Waals surface area contributed by atoms with Crippen LogP contribution in [0.15, 0.2) is 30.6 Å². The average Bonchev–Trinajstić information content (AvgIpc) is 2.66. The Bertz CT molecular complexity index is 465. The first-order valence-electron chi connectivity index (χ1n) is 4.06. The number of aromatic amines is 1. The number of nitrogens with one attached hydrogen (secondary N) is 1. The molecule has 0 amide bonds. The Morgan fingerprint density at radius 2 is 2.14 bits per heavy atom. The lowest BCUT2D eigenvalue weighted by Gasteiger charge is -1.98. The quantitative estimate of drug-likeness (QED) is 0.736. The fourth-order valence-electron chi connectivity index (χ4n) is 1.26. The molecule has 0 aliphatic rings. The van der Waals surface area contributed by atoms with Crippen LogP contribution in [0.1, 0.15) is 10.5 Å². The Morgan fingerprint density at radius 3 is 2.86 bits per heavy atom. The molecule has 0 aliphatic carbocycles. The number of halogens is 1. The number of aldehydes is 1. The predicted octanol–water partition coefficient (Wildman–Crippen LogP) is 2.03. The smallest absolute Gasteiger partial charge is 0.168 e. The highest BCUT2D eigenvalue weighted by atomic mass is 19.1. The van der Waals surface area contributed by atoms with Gasteiger partial charge in [-0.15, -0.1) is 0 Å². The summed E-state index contributed by atoms with van der Waals surface area (Å²) in [6.45, 7) is 0. The minimum absolute atomic E-state index is 0.287. The third-order valence-electron chi connectivity index (χ3n) is 1.92. The zero-order valence-corrected chi connectivity index (χ0v) is 7.20. The number of nitrogens with zero attached hydrogens (tertiary/aromatic N) is 1. The lowest BCUT2D eigenvalue weighted by molar-refractivity contribution is 0.112. The van der Waals surface area contributed by atoms with Gasteiger partial charge in [-0.1, -0.05) is 12.1 Å². The topological polar surface area (TPSA) is 45.8 Å². The molecular formula is C10H7FN2O. The molecule has 1 aromatic heterocycles.